The lowest BCUT2D eigenvalue weighted by molar-refractivity contribution is -0.117. The van der Waals surface area contributed by atoms with Crippen molar-refractivity contribution in [2.75, 3.05) is 11.4 Å². The second-order valence-electron chi connectivity index (χ2n) is 9.71. The topological polar surface area (TPSA) is 80.2 Å². The number of anilines is 1. The van der Waals surface area contributed by atoms with Gasteiger partial charge in [-0.3, -0.25) is 9.59 Å². The molecule has 0 radical (unpaired) electrons. The normalized spacial score (nSPS) is 14.2. The van der Waals surface area contributed by atoms with Gasteiger partial charge in [-0.15, -0.1) is 0 Å². The molecule has 1 fully saturated rings. The van der Waals surface area contributed by atoms with Crippen LogP contribution in [-0.4, -0.2) is 27.0 Å². The van der Waals surface area contributed by atoms with Crippen molar-refractivity contribution in [2.24, 2.45) is 0 Å². The molecule has 7 nitrogen and oxygen atoms in total. The van der Waals surface area contributed by atoms with Crippen LogP contribution in [0.2, 0.25) is 0 Å². The Morgan fingerprint density at radius 2 is 1.82 bits per heavy atom. The minimum atomic E-state index is -0.290. The first-order valence-electron chi connectivity index (χ1n) is 12.9. The zero-order valence-corrected chi connectivity index (χ0v) is 21.4. The van der Waals surface area contributed by atoms with Crippen molar-refractivity contribution in [1.29, 1.82) is 0 Å². The Labute approximate surface area is 224 Å². The van der Waals surface area contributed by atoms with E-state index in [4.69, 9.17) is 9.72 Å². The number of fused-ring (bicyclic) bond motifs is 1. The first-order chi connectivity index (χ1) is 19.0. The van der Waals surface area contributed by atoms with Gasteiger partial charge >= 0.3 is 0 Å². The minimum absolute atomic E-state index is 0.125. The molecule has 1 amide bonds. The standard InChI is InChI=1S/C31H27FN4O3/c1-20(21-7-11-24(32)12-8-21)36-28-16-22(23-10-14-30(37)33-18-23)9-13-27(28)34-29(36)19-39-26-5-2-4-25(17-26)35-15-3-6-31(35)38/h2,4-5,7-14,16-18,20H,3,6,15,19H2,1H3,(H,33,37)/t20-/m0/s1. The SMILES string of the molecule is C[C@@H](c1ccc(F)cc1)n1c(COc2cccc(N3CCCC3=O)c2)nc2ccc(-c3ccc(=O)[nH]c3)cc21. The molecule has 1 N–H and O–H groups in total. The molecule has 0 unspecified atom stereocenters. The predicted octanol–water partition coefficient (Wildman–Crippen LogP) is 5.85. The third kappa shape index (κ3) is 4.93. The summed E-state index contributed by atoms with van der Waals surface area (Å²) in [5.41, 5.74) is 5.10. The van der Waals surface area contributed by atoms with Crippen LogP contribution in [0.4, 0.5) is 10.1 Å². The van der Waals surface area contributed by atoms with Crippen LogP contribution in [0.25, 0.3) is 22.2 Å². The first-order valence-corrected chi connectivity index (χ1v) is 12.9. The maximum atomic E-state index is 13.7. The van der Waals surface area contributed by atoms with Crippen molar-refractivity contribution in [3.63, 3.8) is 0 Å². The Morgan fingerprint density at radius 1 is 1.00 bits per heavy atom. The van der Waals surface area contributed by atoms with Crippen molar-refractivity contribution in [3.8, 4) is 16.9 Å². The van der Waals surface area contributed by atoms with Crippen LogP contribution in [-0.2, 0) is 11.4 Å². The number of imidazole rings is 1. The molecule has 0 spiro atoms. The van der Waals surface area contributed by atoms with Crippen LogP contribution in [0.5, 0.6) is 5.75 Å². The molecule has 1 aliphatic rings. The number of aromatic nitrogens is 3. The van der Waals surface area contributed by atoms with Gasteiger partial charge in [-0.2, -0.15) is 0 Å². The zero-order valence-electron chi connectivity index (χ0n) is 21.4. The van der Waals surface area contributed by atoms with E-state index in [1.807, 2.05) is 49.4 Å². The predicted molar refractivity (Wildman–Crippen MR) is 148 cm³/mol. The van der Waals surface area contributed by atoms with Crippen molar-refractivity contribution in [1.82, 2.24) is 14.5 Å². The molecule has 1 atom stereocenters. The summed E-state index contributed by atoms with van der Waals surface area (Å²) in [5, 5.41) is 0. The average Bonchev–Trinajstić information content (AvgIpc) is 3.55. The fraction of sp³-hybridized carbons (Fsp3) is 0.194. The molecule has 196 valence electrons. The van der Waals surface area contributed by atoms with E-state index in [1.54, 1.807) is 29.3 Å². The van der Waals surface area contributed by atoms with E-state index >= 15 is 0 Å². The summed E-state index contributed by atoms with van der Waals surface area (Å²) < 4.78 is 22.0. The van der Waals surface area contributed by atoms with Gasteiger partial charge in [0.2, 0.25) is 11.5 Å². The number of H-pyrrole nitrogens is 1. The van der Waals surface area contributed by atoms with Gasteiger partial charge in [-0.1, -0.05) is 24.3 Å². The van der Waals surface area contributed by atoms with Gasteiger partial charge in [0.25, 0.3) is 0 Å². The monoisotopic (exact) mass is 522 g/mol. The Morgan fingerprint density at radius 3 is 2.56 bits per heavy atom. The van der Waals surface area contributed by atoms with E-state index in [0.717, 1.165) is 39.8 Å². The lowest BCUT2D eigenvalue weighted by Gasteiger charge is -2.19. The molecule has 6 rings (SSSR count). The van der Waals surface area contributed by atoms with Crippen LogP contribution in [0.1, 0.15) is 37.2 Å². The highest BCUT2D eigenvalue weighted by Gasteiger charge is 2.22. The number of carbonyl (C=O) groups is 1. The number of hydrogen-bond donors (Lipinski definition) is 1. The largest absolute Gasteiger partial charge is 0.486 e. The molecule has 2 aromatic heterocycles. The van der Waals surface area contributed by atoms with E-state index in [1.165, 1.54) is 18.2 Å². The lowest BCUT2D eigenvalue weighted by Crippen LogP contribution is -2.23. The molecule has 0 bridgehead atoms. The molecule has 3 aromatic carbocycles. The summed E-state index contributed by atoms with van der Waals surface area (Å²) >= 11 is 0. The summed E-state index contributed by atoms with van der Waals surface area (Å²) in [6, 6.07) is 23.1. The number of pyridine rings is 1. The molecule has 8 heteroatoms. The second-order valence-corrected chi connectivity index (χ2v) is 9.71. The number of nitrogens with one attached hydrogen (secondary N) is 1. The third-order valence-corrected chi connectivity index (χ3v) is 7.19. The number of nitrogens with zero attached hydrogens (tertiary/aromatic N) is 3. The number of rotatable bonds is 7. The van der Waals surface area contributed by atoms with E-state index in [-0.39, 0.29) is 29.9 Å². The molecule has 0 aliphatic carbocycles. The van der Waals surface area contributed by atoms with Crippen molar-refractivity contribution in [2.45, 2.75) is 32.4 Å². The Bertz CT molecular complexity index is 1700. The number of carbonyl (C=O) groups excluding carboxylic acids is 1. The fourth-order valence-corrected chi connectivity index (χ4v) is 5.15. The van der Waals surface area contributed by atoms with Crippen LogP contribution < -0.4 is 15.2 Å². The van der Waals surface area contributed by atoms with Crippen LogP contribution >= 0.6 is 0 Å². The molecule has 5 aromatic rings. The molecule has 3 heterocycles. The number of halogens is 1. The van der Waals surface area contributed by atoms with Gasteiger partial charge in [0.15, 0.2) is 0 Å². The summed E-state index contributed by atoms with van der Waals surface area (Å²) in [5.74, 6) is 1.19. The quantitative estimate of drug-likeness (QED) is 0.291. The first kappa shape index (κ1) is 24.6. The summed E-state index contributed by atoms with van der Waals surface area (Å²) in [6.07, 6.45) is 3.11. The molecule has 0 saturated carbocycles. The molecule has 1 aliphatic heterocycles. The van der Waals surface area contributed by atoms with Gasteiger partial charge in [0.05, 0.1) is 17.1 Å². The van der Waals surface area contributed by atoms with E-state index in [0.29, 0.717) is 24.5 Å². The third-order valence-electron chi connectivity index (χ3n) is 7.19. The summed E-state index contributed by atoms with van der Waals surface area (Å²) in [6.45, 7) is 2.96. The fourth-order valence-electron chi connectivity index (χ4n) is 5.15. The van der Waals surface area contributed by atoms with Crippen molar-refractivity contribution < 1.29 is 13.9 Å². The smallest absolute Gasteiger partial charge is 0.247 e. The van der Waals surface area contributed by atoms with Crippen LogP contribution in [0, 0.1) is 5.82 Å². The highest BCUT2D eigenvalue weighted by atomic mass is 19.1. The summed E-state index contributed by atoms with van der Waals surface area (Å²) in [7, 11) is 0. The summed E-state index contributed by atoms with van der Waals surface area (Å²) in [4.78, 5) is 33.2. The van der Waals surface area contributed by atoms with Crippen LogP contribution in [0.3, 0.4) is 0 Å². The van der Waals surface area contributed by atoms with Gasteiger partial charge in [0.1, 0.15) is 24.0 Å². The van der Waals surface area contributed by atoms with Crippen molar-refractivity contribution in [3.05, 3.63) is 113 Å². The number of benzene rings is 3. The highest BCUT2D eigenvalue weighted by Crippen LogP contribution is 2.31. The van der Waals surface area contributed by atoms with Gasteiger partial charge < -0.3 is 19.2 Å². The van der Waals surface area contributed by atoms with E-state index in [2.05, 4.69) is 9.55 Å². The average molecular weight is 523 g/mol. The maximum Gasteiger partial charge on any atom is 0.247 e. The molecular formula is C31H27FN4O3. The highest BCUT2D eigenvalue weighted by molar-refractivity contribution is 5.95. The number of aromatic amines is 1. The van der Waals surface area contributed by atoms with Gasteiger partial charge in [-0.05, 0) is 72.5 Å². The van der Waals surface area contributed by atoms with Crippen molar-refractivity contribution >= 4 is 22.6 Å². The Balaban J connectivity index is 1.38. The molecule has 39 heavy (non-hydrogen) atoms. The molecule has 1 saturated heterocycles. The Kier molecular flexibility index (Phi) is 6.44. The van der Waals surface area contributed by atoms with Crippen LogP contribution in [0.15, 0.2) is 89.9 Å². The number of hydrogen-bond acceptors (Lipinski definition) is 4. The zero-order chi connectivity index (χ0) is 26.9. The number of amides is 1. The van der Waals surface area contributed by atoms with Gasteiger partial charge in [0, 0.05) is 37.0 Å². The lowest BCUT2D eigenvalue weighted by atomic mass is 10.1. The van der Waals surface area contributed by atoms with Gasteiger partial charge in [-0.25, -0.2) is 9.37 Å². The second kappa shape index (κ2) is 10.2. The Hall–Kier alpha value is -4.72. The van der Waals surface area contributed by atoms with E-state index < -0.39 is 0 Å². The van der Waals surface area contributed by atoms with E-state index in [9.17, 15) is 14.0 Å². The minimum Gasteiger partial charge on any atom is -0.486 e. The molecular weight excluding hydrogens is 495 g/mol. The number of ether oxygens (including phenoxy) is 1. The maximum absolute atomic E-state index is 13.7.